The number of nitrogens with one attached hydrogen (secondary N) is 2. The van der Waals surface area contributed by atoms with Crippen LogP contribution in [0.25, 0.3) is 0 Å². The molecule has 0 unspecified atom stereocenters. The lowest BCUT2D eigenvalue weighted by atomic mass is 9.95. The van der Waals surface area contributed by atoms with E-state index in [-0.39, 0.29) is 35.2 Å². The zero-order valence-corrected chi connectivity index (χ0v) is 19.3. The van der Waals surface area contributed by atoms with Crippen LogP contribution in [0.2, 0.25) is 0 Å². The Morgan fingerprint density at radius 3 is 2.57 bits per heavy atom. The van der Waals surface area contributed by atoms with Crippen LogP contribution in [-0.2, 0) is 5.41 Å². The zero-order chi connectivity index (χ0) is 18.7. The lowest BCUT2D eigenvalue weighted by molar-refractivity contribution is 0.460. The number of guanidine groups is 1. The first kappa shape index (κ1) is 21.4. The summed E-state index contributed by atoms with van der Waals surface area (Å²) in [6, 6.07) is 11.9. The summed E-state index contributed by atoms with van der Waals surface area (Å²) >= 11 is 1.80. The van der Waals surface area contributed by atoms with Gasteiger partial charge >= 0.3 is 0 Å². The van der Waals surface area contributed by atoms with Gasteiger partial charge in [-0.15, -0.1) is 35.3 Å². The first-order valence-corrected chi connectivity index (χ1v) is 10.6. The van der Waals surface area contributed by atoms with E-state index < -0.39 is 0 Å². The van der Waals surface area contributed by atoms with Crippen molar-refractivity contribution in [1.82, 2.24) is 10.6 Å². The maximum atomic E-state index is 14.2. The minimum absolute atomic E-state index is 0. The fourth-order valence-corrected chi connectivity index (χ4v) is 4.70. The topological polar surface area (TPSA) is 39.7 Å². The van der Waals surface area contributed by atoms with Gasteiger partial charge in [-0.2, -0.15) is 0 Å². The fourth-order valence-electron chi connectivity index (χ4n) is 3.92. The van der Waals surface area contributed by atoms with Crippen LogP contribution in [0.4, 0.5) is 9.39 Å². The Balaban J connectivity index is 0.00000225. The van der Waals surface area contributed by atoms with E-state index in [1.165, 1.54) is 5.00 Å². The van der Waals surface area contributed by atoms with Crippen molar-refractivity contribution in [2.45, 2.75) is 37.1 Å². The highest BCUT2D eigenvalue weighted by Crippen LogP contribution is 2.48. The molecule has 2 N–H and O–H groups in total. The molecule has 4 rings (SSSR count). The maximum absolute atomic E-state index is 14.2. The molecule has 1 saturated carbocycles. The molecule has 1 aliphatic heterocycles. The molecular formula is C21H28FIN4S. The molecule has 4 nitrogen and oxygen atoms in total. The lowest BCUT2D eigenvalue weighted by Gasteiger charge is -2.33. The van der Waals surface area contributed by atoms with Gasteiger partial charge in [-0.25, -0.2) is 4.39 Å². The normalized spacial score (nSPS) is 19.1. The molecule has 2 aliphatic rings. The molecule has 1 aromatic heterocycles. The van der Waals surface area contributed by atoms with Gasteiger partial charge in [0.1, 0.15) is 5.82 Å². The number of benzene rings is 1. The standard InChI is InChI=1S/C21H27FN4S.HI/c1-23-20(24-15-21(10-11-21)17-5-2-3-6-18(17)22)25-16-8-12-26(13-9-16)19-7-4-14-27-19;/h2-7,14,16H,8-13,15H2,1H3,(H2,23,24,25);1H. The Bertz CT molecular complexity index is 783. The zero-order valence-electron chi connectivity index (χ0n) is 16.2. The molecule has 1 aliphatic carbocycles. The Kier molecular flexibility index (Phi) is 7.20. The SMILES string of the molecule is CN=C(NCC1(c2ccccc2F)CC1)NC1CCN(c2cccs2)CC1.I. The van der Waals surface area contributed by atoms with Crippen molar-refractivity contribution >= 4 is 46.3 Å². The molecule has 0 bridgehead atoms. The smallest absolute Gasteiger partial charge is 0.191 e. The Morgan fingerprint density at radius 2 is 1.96 bits per heavy atom. The molecular weight excluding hydrogens is 486 g/mol. The molecule has 1 aromatic carbocycles. The lowest BCUT2D eigenvalue weighted by Crippen LogP contribution is -2.49. The summed E-state index contributed by atoms with van der Waals surface area (Å²) in [6.45, 7) is 2.85. The van der Waals surface area contributed by atoms with Gasteiger partial charge in [0.25, 0.3) is 0 Å². The molecule has 28 heavy (non-hydrogen) atoms. The van der Waals surface area contributed by atoms with E-state index in [4.69, 9.17) is 0 Å². The van der Waals surface area contributed by atoms with Crippen molar-refractivity contribution in [1.29, 1.82) is 0 Å². The molecule has 2 aromatic rings. The second-order valence-corrected chi connectivity index (χ2v) is 8.47. The van der Waals surface area contributed by atoms with Crippen molar-refractivity contribution in [3.8, 4) is 0 Å². The second kappa shape index (κ2) is 9.43. The third kappa shape index (κ3) is 4.79. The van der Waals surface area contributed by atoms with Crippen molar-refractivity contribution in [2.75, 3.05) is 31.6 Å². The van der Waals surface area contributed by atoms with Crippen LogP contribution in [0.1, 0.15) is 31.2 Å². The summed E-state index contributed by atoms with van der Waals surface area (Å²) < 4.78 is 14.2. The highest BCUT2D eigenvalue weighted by Gasteiger charge is 2.45. The van der Waals surface area contributed by atoms with Crippen LogP contribution in [0.5, 0.6) is 0 Å². The molecule has 0 atom stereocenters. The predicted octanol–water partition coefficient (Wildman–Crippen LogP) is 4.37. The number of hydrogen-bond acceptors (Lipinski definition) is 3. The average molecular weight is 514 g/mol. The first-order valence-electron chi connectivity index (χ1n) is 9.71. The molecule has 152 valence electrons. The van der Waals surface area contributed by atoms with Gasteiger partial charge in [0.2, 0.25) is 0 Å². The maximum Gasteiger partial charge on any atom is 0.191 e. The van der Waals surface area contributed by atoms with Crippen molar-refractivity contribution in [2.24, 2.45) is 4.99 Å². The van der Waals surface area contributed by atoms with Crippen LogP contribution in [0.15, 0.2) is 46.8 Å². The summed E-state index contributed by atoms with van der Waals surface area (Å²) in [5.41, 5.74) is 0.753. The van der Waals surface area contributed by atoms with Gasteiger partial charge in [-0.05, 0) is 54.8 Å². The van der Waals surface area contributed by atoms with E-state index in [9.17, 15) is 4.39 Å². The van der Waals surface area contributed by atoms with Crippen molar-refractivity contribution in [3.05, 3.63) is 53.2 Å². The number of nitrogens with zero attached hydrogens (tertiary/aromatic N) is 2. The Hall–Kier alpha value is -1.35. The highest BCUT2D eigenvalue weighted by atomic mass is 127. The monoisotopic (exact) mass is 514 g/mol. The summed E-state index contributed by atoms with van der Waals surface area (Å²) in [7, 11) is 1.80. The van der Waals surface area contributed by atoms with Crippen LogP contribution in [0.3, 0.4) is 0 Å². The van der Waals surface area contributed by atoms with Crippen LogP contribution < -0.4 is 15.5 Å². The fraction of sp³-hybridized carbons (Fsp3) is 0.476. The largest absolute Gasteiger partial charge is 0.363 e. The van der Waals surface area contributed by atoms with Gasteiger partial charge in [0, 0.05) is 38.1 Å². The summed E-state index contributed by atoms with van der Waals surface area (Å²) in [6.07, 6.45) is 4.24. The third-order valence-electron chi connectivity index (χ3n) is 5.77. The minimum atomic E-state index is -0.0966. The molecule has 0 radical (unpaired) electrons. The number of hydrogen-bond donors (Lipinski definition) is 2. The Morgan fingerprint density at radius 1 is 1.21 bits per heavy atom. The minimum Gasteiger partial charge on any atom is -0.363 e. The van der Waals surface area contributed by atoms with Gasteiger partial charge in [0.05, 0.1) is 5.00 Å². The van der Waals surface area contributed by atoms with E-state index in [2.05, 4.69) is 38.0 Å². The number of thiophene rings is 1. The average Bonchev–Trinajstić information content (AvgIpc) is 3.28. The summed E-state index contributed by atoms with van der Waals surface area (Å²) in [5.74, 6) is 0.730. The van der Waals surface area contributed by atoms with Gasteiger partial charge in [-0.1, -0.05) is 18.2 Å². The van der Waals surface area contributed by atoms with Gasteiger partial charge in [-0.3, -0.25) is 4.99 Å². The van der Waals surface area contributed by atoms with Crippen molar-refractivity contribution < 1.29 is 4.39 Å². The third-order valence-corrected chi connectivity index (χ3v) is 6.70. The number of anilines is 1. The van der Waals surface area contributed by atoms with E-state index >= 15 is 0 Å². The van der Waals surface area contributed by atoms with Crippen LogP contribution >= 0.6 is 35.3 Å². The molecule has 0 spiro atoms. The number of aliphatic imine (C=N–C) groups is 1. The molecule has 2 heterocycles. The van der Waals surface area contributed by atoms with E-state index in [1.807, 2.05) is 12.1 Å². The summed E-state index contributed by atoms with van der Waals surface area (Å²) in [5, 5.41) is 10.5. The first-order chi connectivity index (χ1) is 13.2. The van der Waals surface area contributed by atoms with Crippen molar-refractivity contribution in [3.63, 3.8) is 0 Å². The van der Waals surface area contributed by atoms with Gasteiger partial charge in [0.15, 0.2) is 5.96 Å². The number of rotatable bonds is 5. The van der Waals surface area contributed by atoms with Crippen LogP contribution in [-0.4, -0.2) is 38.7 Å². The predicted molar refractivity (Wildman–Crippen MR) is 127 cm³/mol. The Labute approximate surface area is 187 Å². The number of halogens is 2. The number of piperidine rings is 1. The van der Waals surface area contributed by atoms with E-state index in [0.29, 0.717) is 6.04 Å². The van der Waals surface area contributed by atoms with Crippen LogP contribution in [0, 0.1) is 5.82 Å². The molecule has 0 amide bonds. The summed E-state index contributed by atoms with van der Waals surface area (Å²) in [4.78, 5) is 6.84. The van der Waals surface area contributed by atoms with E-state index in [1.54, 1.807) is 30.5 Å². The van der Waals surface area contributed by atoms with E-state index in [0.717, 1.165) is 56.8 Å². The van der Waals surface area contributed by atoms with Gasteiger partial charge < -0.3 is 15.5 Å². The molecule has 2 fully saturated rings. The molecule has 7 heteroatoms. The highest BCUT2D eigenvalue weighted by molar-refractivity contribution is 14.0. The quantitative estimate of drug-likeness (QED) is 0.354. The molecule has 1 saturated heterocycles. The second-order valence-electron chi connectivity index (χ2n) is 7.54.